The van der Waals surface area contributed by atoms with Crippen LogP contribution in [0.25, 0.3) is 0 Å². The lowest BCUT2D eigenvalue weighted by Crippen LogP contribution is -2.21. The van der Waals surface area contributed by atoms with Crippen LogP contribution in [0.5, 0.6) is 5.75 Å². The van der Waals surface area contributed by atoms with E-state index in [9.17, 15) is 0 Å². The van der Waals surface area contributed by atoms with Crippen LogP contribution >= 0.6 is 15.9 Å². The molecular weight excluding hydrogens is 260 g/mol. The summed E-state index contributed by atoms with van der Waals surface area (Å²) in [4.78, 5) is 0. The fourth-order valence-electron chi connectivity index (χ4n) is 0.964. The average Bonchev–Trinajstić information content (AvgIpc) is 2.17. The molecule has 1 aromatic carbocycles. The number of guanidine groups is 1. The van der Waals surface area contributed by atoms with Crippen molar-refractivity contribution in [1.29, 1.82) is 0 Å². The summed E-state index contributed by atoms with van der Waals surface area (Å²) in [5.41, 5.74) is 11.0. The van der Waals surface area contributed by atoms with Crippen molar-refractivity contribution in [3.63, 3.8) is 0 Å². The molecule has 0 atom stereocenters. The number of nitrogens with zero attached hydrogens (tertiary/aromatic N) is 2. The van der Waals surface area contributed by atoms with E-state index in [1.165, 1.54) is 6.21 Å². The van der Waals surface area contributed by atoms with Crippen LogP contribution in [0.15, 0.2) is 32.9 Å². The van der Waals surface area contributed by atoms with Gasteiger partial charge in [0, 0.05) is 10.0 Å². The molecule has 0 radical (unpaired) electrons. The first-order chi connectivity index (χ1) is 7.13. The van der Waals surface area contributed by atoms with Gasteiger partial charge in [-0.25, -0.2) is 0 Å². The van der Waals surface area contributed by atoms with Crippen molar-refractivity contribution in [1.82, 2.24) is 0 Å². The molecule has 15 heavy (non-hydrogen) atoms. The fourth-order valence-corrected chi connectivity index (χ4v) is 1.34. The molecule has 6 heteroatoms. The van der Waals surface area contributed by atoms with Gasteiger partial charge in [0.2, 0.25) is 5.96 Å². The molecule has 0 aromatic heterocycles. The van der Waals surface area contributed by atoms with E-state index in [1.807, 2.05) is 18.2 Å². The number of halogens is 1. The normalized spacial score (nSPS) is 10.3. The number of ether oxygens (including phenoxy) is 1. The molecular formula is C9H11BrN4O. The third-order valence-corrected chi connectivity index (χ3v) is 2.06. The highest BCUT2D eigenvalue weighted by Crippen LogP contribution is 2.21. The van der Waals surface area contributed by atoms with Crippen molar-refractivity contribution >= 4 is 28.1 Å². The molecule has 1 rings (SSSR count). The molecule has 0 unspecified atom stereocenters. The molecule has 0 spiro atoms. The maximum Gasteiger partial charge on any atom is 0.211 e. The molecule has 0 aliphatic heterocycles. The summed E-state index contributed by atoms with van der Waals surface area (Å²) in [7, 11) is 1.58. The predicted molar refractivity (Wildman–Crippen MR) is 64.1 cm³/mol. The van der Waals surface area contributed by atoms with Gasteiger partial charge in [0.05, 0.1) is 13.3 Å². The summed E-state index contributed by atoms with van der Waals surface area (Å²) in [5.74, 6) is 0.618. The molecule has 0 amide bonds. The van der Waals surface area contributed by atoms with Crippen LogP contribution in [-0.4, -0.2) is 19.3 Å². The fraction of sp³-hybridized carbons (Fsp3) is 0.111. The van der Waals surface area contributed by atoms with Crippen molar-refractivity contribution < 1.29 is 4.74 Å². The Hall–Kier alpha value is -1.56. The SMILES string of the molecule is COc1ccc(Br)cc1/C=N\N=C(N)N. The topological polar surface area (TPSA) is 86.0 Å². The summed E-state index contributed by atoms with van der Waals surface area (Å²) < 4.78 is 6.06. The Morgan fingerprint density at radius 1 is 1.47 bits per heavy atom. The third-order valence-electron chi connectivity index (χ3n) is 1.56. The Labute approximate surface area is 95.9 Å². The van der Waals surface area contributed by atoms with E-state index < -0.39 is 0 Å². The zero-order valence-corrected chi connectivity index (χ0v) is 9.73. The zero-order chi connectivity index (χ0) is 11.3. The summed E-state index contributed by atoms with van der Waals surface area (Å²) in [6, 6.07) is 5.54. The Bertz CT molecular complexity index is 399. The molecule has 0 bridgehead atoms. The van der Waals surface area contributed by atoms with Gasteiger partial charge < -0.3 is 16.2 Å². The number of benzene rings is 1. The standard InChI is InChI=1S/C9H11BrN4O/c1-15-8-3-2-7(10)4-6(8)5-13-14-9(11)12/h2-5H,1H3,(H4,11,12,14)/b13-5-. The van der Waals surface area contributed by atoms with E-state index in [0.29, 0.717) is 5.75 Å². The number of hydrogen-bond donors (Lipinski definition) is 2. The largest absolute Gasteiger partial charge is 0.496 e. The van der Waals surface area contributed by atoms with E-state index in [0.717, 1.165) is 10.0 Å². The Kier molecular flexibility index (Phi) is 4.11. The zero-order valence-electron chi connectivity index (χ0n) is 8.14. The maximum atomic E-state index is 5.13. The minimum atomic E-state index is -0.0831. The van der Waals surface area contributed by atoms with Gasteiger partial charge in [-0.2, -0.15) is 5.10 Å². The maximum absolute atomic E-state index is 5.13. The monoisotopic (exact) mass is 270 g/mol. The Morgan fingerprint density at radius 2 is 2.20 bits per heavy atom. The van der Waals surface area contributed by atoms with Gasteiger partial charge in [-0.05, 0) is 18.2 Å². The molecule has 4 N–H and O–H groups in total. The lowest BCUT2D eigenvalue weighted by atomic mass is 10.2. The van der Waals surface area contributed by atoms with Gasteiger partial charge in [0.15, 0.2) is 0 Å². The summed E-state index contributed by atoms with van der Waals surface area (Å²) in [6.07, 6.45) is 1.52. The molecule has 0 aliphatic rings. The number of rotatable bonds is 3. The van der Waals surface area contributed by atoms with Gasteiger partial charge in [0.25, 0.3) is 0 Å². The molecule has 5 nitrogen and oxygen atoms in total. The summed E-state index contributed by atoms with van der Waals surface area (Å²) in [6.45, 7) is 0. The first kappa shape index (κ1) is 11.5. The van der Waals surface area contributed by atoms with E-state index >= 15 is 0 Å². The first-order valence-corrected chi connectivity index (χ1v) is 4.88. The molecule has 80 valence electrons. The second-order valence-electron chi connectivity index (χ2n) is 2.66. The second-order valence-corrected chi connectivity index (χ2v) is 3.57. The van der Waals surface area contributed by atoms with Crippen molar-refractivity contribution in [3.05, 3.63) is 28.2 Å². The lowest BCUT2D eigenvalue weighted by molar-refractivity contribution is 0.414. The van der Waals surface area contributed by atoms with Crippen LogP contribution in [0.1, 0.15) is 5.56 Å². The Morgan fingerprint density at radius 3 is 2.80 bits per heavy atom. The van der Waals surface area contributed by atoms with E-state index in [1.54, 1.807) is 7.11 Å². The van der Waals surface area contributed by atoms with Crippen LogP contribution < -0.4 is 16.2 Å². The average molecular weight is 271 g/mol. The van der Waals surface area contributed by atoms with Crippen molar-refractivity contribution in [3.8, 4) is 5.75 Å². The molecule has 0 heterocycles. The number of nitrogens with two attached hydrogens (primary N) is 2. The first-order valence-electron chi connectivity index (χ1n) is 4.09. The highest BCUT2D eigenvalue weighted by Gasteiger charge is 2.00. The van der Waals surface area contributed by atoms with Crippen LogP contribution in [0.2, 0.25) is 0 Å². The van der Waals surface area contributed by atoms with Crippen LogP contribution in [-0.2, 0) is 0 Å². The van der Waals surface area contributed by atoms with Crippen LogP contribution in [0, 0.1) is 0 Å². The van der Waals surface area contributed by atoms with Gasteiger partial charge in [-0.15, -0.1) is 5.10 Å². The molecule has 1 aromatic rings. The smallest absolute Gasteiger partial charge is 0.211 e. The van der Waals surface area contributed by atoms with Crippen molar-refractivity contribution in [2.45, 2.75) is 0 Å². The predicted octanol–water partition coefficient (Wildman–Crippen LogP) is 1.06. The minimum absolute atomic E-state index is 0.0831. The number of methoxy groups -OCH3 is 1. The van der Waals surface area contributed by atoms with E-state index in [-0.39, 0.29) is 5.96 Å². The van der Waals surface area contributed by atoms with Gasteiger partial charge in [-0.3, -0.25) is 0 Å². The quantitative estimate of drug-likeness (QED) is 0.489. The molecule has 0 fully saturated rings. The van der Waals surface area contributed by atoms with Crippen LogP contribution in [0.4, 0.5) is 0 Å². The lowest BCUT2D eigenvalue weighted by Gasteiger charge is -2.03. The molecule has 0 aliphatic carbocycles. The number of hydrogen-bond acceptors (Lipinski definition) is 3. The van der Waals surface area contributed by atoms with E-state index in [4.69, 9.17) is 16.2 Å². The van der Waals surface area contributed by atoms with Gasteiger partial charge >= 0.3 is 0 Å². The highest BCUT2D eigenvalue weighted by atomic mass is 79.9. The van der Waals surface area contributed by atoms with Crippen molar-refractivity contribution in [2.24, 2.45) is 21.7 Å². The van der Waals surface area contributed by atoms with E-state index in [2.05, 4.69) is 26.1 Å². The molecule has 0 saturated heterocycles. The second kappa shape index (κ2) is 5.35. The minimum Gasteiger partial charge on any atom is -0.496 e. The van der Waals surface area contributed by atoms with Crippen LogP contribution in [0.3, 0.4) is 0 Å². The van der Waals surface area contributed by atoms with Gasteiger partial charge in [-0.1, -0.05) is 15.9 Å². The highest BCUT2D eigenvalue weighted by molar-refractivity contribution is 9.10. The molecule has 0 saturated carbocycles. The van der Waals surface area contributed by atoms with Gasteiger partial charge in [0.1, 0.15) is 5.75 Å². The Balaban J connectivity index is 2.97. The summed E-state index contributed by atoms with van der Waals surface area (Å²) in [5, 5.41) is 7.20. The van der Waals surface area contributed by atoms with Crippen molar-refractivity contribution in [2.75, 3.05) is 7.11 Å². The summed E-state index contributed by atoms with van der Waals surface area (Å²) >= 11 is 3.34. The third kappa shape index (κ3) is 3.59.